The third-order valence-electron chi connectivity index (χ3n) is 13.6. The van der Waals surface area contributed by atoms with Crippen LogP contribution in [-0.2, 0) is 53.1 Å². The number of carbonyl (C=O) groups excluding carboxylic acids is 7. The lowest BCUT2D eigenvalue weighted by molar-refractivity contribution is -0.139. The fourth-order valence-corrected chi connectivity index (χ4v) is 9.61. The zero-order chi connectivity index (χ0) is 59.0. The number of aliphatic carboxylic acids is 2. The topological polar surface area (TPSA) is 375 Å². The second-order valence-electron chi connectivity index (χ2n) is 20.0. The molecule has 0 aliphatic carbocycles. The Balaban J connectivity index is 1.22. The predicted octanol–water partition coefficient (Wildman–Crippen LogP) is 0.183. The molecule has 1 aliphatic heterocycles. The summed E-state index contributed by atoms with van der Waals surface area (Å²) in [5.41, 5.74) is 26.1. The summed E-state index contributed by atoms with van der Waals surface area (Å²) in [6.45, 7) is 4.15. The third kappa shape index (κ3) is 22.5. The van der Waals surface area contributed by atoms with E-state index in [1.165, 1.54) is 6.92 Å². The summed E-state index contributed by atoms with van der Waals surface area (Å²) in [5.74, 6) is -5.36. The van der Waals surface area contributed by atoms with Crippen molar-refractivity contribution in [2.75, 3.05) is 83.9 Å². The standard InChI is InChI=1S/C55H74N14O11S/c1-36(70)44(17-18-51(75)76)63-54(80)64-45(53(78)79)8-4-5-21-69(31-46-43-7-3-2-6-39(43)19-20-60-46)52(77)40-13-9-38(10-14-40)29-61-55(81)62-41-15-11-37(12-16-41)28-42-30-67(34-49(58)73)25-24-65(32-47(56)71)22-23-66(33-48(57)72)26-27-68(42)35-50(59)74/h2-3,6-7,9-16,19-20,42,44-45H,4-5,8,17-18,21-35H2,1H3,(H2,56,71)(H2,57,72)(H2,58,73)(H2,59,74)(H,75,76)(H,78,79)(H2,61,62,81)(H2,63,64,80)/t42?,44-,45-/m1/s1. The van der Waals surface area contributed by atoms with Gasteiger partial charge in [0.1, 0.15) is 6.04 Å². The molecule has 25 nitrogen and oxygen atoms in total. The molecular formula is C55H74N14O11S. The maximum absolute atomic E-state index is 14.3. The molecule has 1 saturated heterocycles. The highest BCUT2D eigenvalue weighted by Gasteiger charge is 2.28. The quantitative estimate of drug-likeness (QED) is 0.0268. The van der Waals surface area contributed by atoms with Crippen molar-refractivity contribution in [3.05, 3.63) is 107 Å². The zero-order valence-corrected chi connectivity index (χ0v) is 46.2. The number of nitrogens with one attached hydrogen (secondary N) is 4. The molecule has 1 unspecified atom stereocenters. The Morgan fingerprint density at radius 1 is 0.691 bits per heavy atom. The van der Waals surface area contributed by atoms with Crippen LogP contribution in [-0.4, -0.2) is 195 Å². The van der Waals surface area contributed by atoms with Gasteiger partial charge in [-0.1, -0.05) is 48.5 Å². The maximum Gasteiger partial charge on any atom is 0.326 e. The SMILES string of the molecule is CC(=O)[C@@H](CCC(=O)O)NC(=O)N[C@H](CCCCN(Cc1nccc2ccccc12)C(=O)c1ccc(CNC(=S)Nc2ccc(CC3CN(CC(N)=O)CCN(CC(N)=O)CCN(CC(N)=O)CCN3CC(N)=O)cc2)cc1)C(=O)O. The molecular weight excluding hydrogens is 1060 g/mol. The fourth-order valence-electron chi connectivity index (χ4n) is 9.42. The zero-order valence-electron chi connectivity index (χ0n) is 45.4. The smallest absolute Gasteiger partial charge is 0.326 e. The number of hydrogen-bond acceptors (Lipinski definition) is 15. The largest absolute Gasteiger partial charge is 0.481 e. The van der Waals surface area contributed by atoms with Crippen LogP contribution >= 0.6 is 12.2 Å². The molecule has 1 fully saturated rings. The first kappa shape index (κ1) is 63.7. The number of unbranched alkanes of at least 4 members (excludes halogenated alkanes) is 1. The van der Waals surface area contributed by atoms with Crippen LogP contribution in [0.15, 0.2) is 85.1 Å². The molecule has 436 valence electrons. The number of benzene rings is 3. The first-order chi connectivity index (χ1) is 38.6. The number of thiocarbonyl (C=S) groups is 1. The van der Waals surface area contributed by atoms with Crippen LogP contribution in [0.5, 0.6) is 0 Å². The van der Waals surface area contributed by atoms with Gasteiger partial charge in [-0.2, -0.15) is 0 Å². The lowest BCUT2D eigenvalue weighted by atomic mass is 10.0. The van der Waals surface area contributed by atoms with Crippen molar-refractivity contribution in [1.82, 2.24) is 45.4 Å². The summed E-state index contributed by atoms with van der Waals surface area (Å²) < 4.78 is 0. The van der Waals surface area contributed by atoms with Gasteiger partial charge in [0.2, 0.25) is 23.6 Å². The molecule has 2 heterocycles. The Morgan fingerprint density at radius 2 is 1.27 bits per heavy atom. The lowest BCUT2D eigenvalue weighted by Gasteiger charge is -2.38. The summed E-state index contributed by atoms with van der Waals surface area (Å²) in [5, 5.41) is 32.2. The number of anilines is 1. The second kappa shape index (κ2) is 32.2. The summed E-state index contributed by atoms with van der Waals surface area (Å²) in [6, 6.07) is 20.4. The molecule has 14 N–H and O–H groups in total. The summed E-state index contributed by atoms with van der Waals surface area (Å²) in [7, 11) is 0. The van der Waals surface area contributed by atoms with Gasteiger partial charge in [0, 0.05) is 94.2 Å². The monoisotopic (exact) mass is 1140 g/mol. The van der Waals surface area contributed by atoms with Gasteiger partial charge in [-0.05, 0) is 98.1 Å². The average Bonchev–Trinajstić information content (AvgIpc) is 3.43. The van der Waals surface area contributed by atoms with Crippen LogP contribution in [0.4, 0.5) is 10.5 Å². The molecule has 0 spiro atoms. The van der Waals surface area contributed by atoms with Crippen molar-refractivity contribution in [2.24, 2.45) is 22.9 Å². The van der Waals surface area contributed by atoms with Crippen LogP contribution in [0.25, 0.3) is 10.8 Å². The van der Waals surface area contributed by atoms with Gasteiger partial charge in [0.15, 0.2) is 10.9 Å². The van der Waals surface area contributed by atoms with E-state index >= 15 is 0 Å². The predicted molar refractivity (Wildman–Crippen MR) is 306 cm³/mol. The van der Waals surface area contributed by atoms with E-state index in [-0.39, 0.29) is 70.5 Å². The van der Waals surface area contributed by atoms with E-state index in [9.17, 15) is 48.3 Å². The number of ketones is 1. The Morgan fingerprint density at radius 3 is 1.88 bits per heavy atom. The highest BCUT2D eigenvalue weighted by atomic mass is 32.1. The number of pyridine rings is 1. The van der Waals surface area contributed by atoms with E-state index in [0.29, 0.717) is 93.7 Å². The van der Waals surface area contributed by atoms with Crippen LogP contribution < -0.4 is 44.2 Å². The van der Waals surface area contributed by atoms with E-state index in [1.54, 1.807) is 35.4 Å². The molecule has 0 radical (unpaired) electrons. The lowest BCUT2D eigenvalue weighted by Crippen LogP contribution is -2.54. The number of aromatic nitrogens is 1. The number of hydrogen-bond donors (Lipinski definition) is 10. The molecule has 26 heteroatoms. The molecule has 81 heavy (non-hydrogen) atoms. The van der Waals surface area contributed by atoms with E-state index in [1.807, 2.05) is 74.2 Å². The van der Waals surface area contributed by atoms with Crippen molar-refractivity contribution in [1.29, 1.82) is 0 Å². The van der Waals surface area contributed by atoms with E-state index in [4.69, 9.17) is 40.3 Å². The molecule has 0 saturated carbocycles. The minimum Gasteiger partial charge on any atom is -0.481 e. The minimum absolute atomic E-state index is 0.00408. The number of carbonyl (C=O) groups is 9. The molecule has 7 amide bonds. The average molecular weight is 1140 g/mol. The number of primary amides is 4. The molecule has 5 rings (SSSR count). The molecule has 3 atom stereocenters. The van der Waals surface area contributed by atoms with Crippen molar-refractivity contribution in [3.63, 3.8) is 0 Å². The summed E-state index contributed by atoms with van der Waals surface area (Å²) in [4.78, 5) is 125. The van der Waals surface area contributed by atoms with Gasteiger partial charge >= 0.3 is 18.0 Å². The Bertz CT molecular complexity index is 2840. The number of fused-ring (bicyclic) bond motifs is 1. The number of carboxylic acid groups (broad SMARTS) is 2. The summed E-state index contributed by atoms with van der Waals surface area (Å²) in [6.07, 6.45) is 2.25. The van der Waals surface area contributed by atoms with Gasteiger partial charge < -0.3 is 59.3 Å². The van der Waals surface area contributed by atoms with Crippen molar-refractivity contribution >= 4 is 87.1 Å². The van der Waals surface area contributed by atoms with E-state index in [0.717, 1.165) is 21.9 Å². The molecule has 1 aliphatic rings. The number of nitrogens with zero attached hydrogens (tertiary/aromatic N) is 6. The third-order valence-corrected chi connectivity index (χ3v) is 13.8. The number of rotatable bonds is 28. The normalized spacial score (nSPS) is 15.6. The van der Waals surface area contributed by atoms with E-state index in [2.05, 4.69) is 26.3 Å². The molecule has 1 aromatic heterocycles. The van der Waals surface area contributed by atoms with Crippen LogP contribution in [0.1, 0.15) is 66.2 Å². The van der Waals surface area contributed by atoms with Gasteiger partial charge in [-0.15, -0.1) is 0 Å². The number of urea groups is 1. The first-order valence-corrected chi connectivity index (χ1v) is 26.9. The highest BCUT2D eigenvalue weighted by molar-refractivity contribution is 7.80. The highest BCUT2D eigenvalue weighted by Crippen LogP contribution is 2.21. The Hall–Kier alpha value is -8.17. The number of carboxylic acids is 2. The number of nitrogens with two attached hydrogens (primary N) is 4. The number of amides is 7. The van der Waals surface area contributed by atoms with Crippen molar-refractivity contribution in [3.8, 4) is 0 Å². The molecule has 3 aromatic carbocycles. The second-order valence-corrected chi connectivity index (χ2v) is 20.4. The van der Waals surface area contributed by atoms with Gasteiger partial charge in [0.05, 0.1) is 44.5 Å². The number of Topliss-reactive ketones (excluding diaryl/α,β-unsaturated/α-hetero) is 1. The van der Waals surface area contributed by atoms with Crippen LogP contribution in [0.2, 0.25) is 0 Å². The van der Waals surface area contributed by atoms with E-state index < -0.39 is 59.5 Å². The maximum atomic E-state index is 14.3. The van der Waals surface area contributed by atoms with Crippen LogP contribution in [0.3, 0.4) is 0 Å². The Labute approximate surface area is 475 Å². The Kier molecular flexibility index (Phi) is 25.3. The minimum atomic E-state index is -1.33. The first-order valence-electron chi connectivity index (χ1n) is 26.5. The fraction of sp³-hybridized carbons (Fsp3) is 0.436. The molecule has 4 aromatic rings. The van der Waals surface area contributed by atoms with Gasteiger partial charge in [-0.25, -0.2) is 9.59 Å². The van der Waals surface area contributed by atoms with Crippen molar-refractivity contribution < 1.29 is 53.4 Å². The molecule has 0 bridgehead atoms. The van der Waals surface area contributed by atoms with Crippen molar-refractivity contribution in [2.45, 2.75) is 76.7 Å². The van der Waals surface area contributed by atoms with Gasteiger partial charge in [-0.3, -0.25) is 58.1 Å². The summed E-state index contributed by atoms with van der Waals surface area (Å²) >= 11 is 5.65. The van der Waals surface area contributed by atoms with Crippen LogP contribution in [0, 0.1) is 0 Å². The van der Waals surface area contributed by atoms with Gasteiger partial charge in [0.25, 0.3) is 5.91 Å².